The Balaban J connectivity index is 2.74. The fourth-order valence-corrected chi connectivity index (χ4v) is 1.48. The Morgan fingerprint density at radius 1 is 1.47 bits per heavy atom. The van der Waals surface area contributed by atoms with Crippen LogP contribution >= 0.6 is 23.2 Å². The molecule has 0 heterocycles. The summed E-state index contributed by atoms with van der Waals surface area (Å²) in [5.74, 6) is -0.782. The fourth-order valence-electron chi connectivity index (χ4n) is 0.984. The Morgan fingerprint density at radius 2 is 2.06 bits per heavy atom. The Bertz CT molecular complexity index is 417. The minimum Gasteiger partial charge on any atom is -0.364 e. The predicted octanol–water partition coefficient (Wildman–Crippen LogP) is 1.80. The predicted molar refractivity (Wildman–Crippen MR) is 65.1 cm³/mol. The molecule has 0 bridgehead atoms. The monoisotopic (exact) mass is 276 g/mol. The van der Waals surface area contributed by atoms with Crippen LogP contribution in [-0.4, -0.2) is 25.5 Å². The zero-order chi connectivity index (χ0) is 12.8. The number of ether oxygens (including phenoxy) is 1. The van der Waals surface area contributed by atoms with Crippen LogP contribution in [0.1, 0.15) is 5.56 Å². The molecule has 1 aromatic rings. The van der Waals surface area contributed by atoms with Crippen molar-refractivity contribution in [2.24, 2.45) is 10.9 Å². The van der Waals surface area contributed by atoms with Gasteiger partial charge in [0.2, 0.25) is 0 Å². The van der Waals surface area contributed by atoms with Crippen molar-refractivity contribution in [2.75, 3.05) is 7.11 Å². The van der Waals surface area contributed by atoms with E-state index in [1.54, 1.807) is 18.2 Å². The highest BCUT2D eigenvalue weighted by atomic mass is 35.5. The fraction of sp³-hybridized carbons (Fsp3) is 0.200. The average molecular weight is 277 g/mol. The van der Waals surface area contributed by atoms with Crippen LogP contribution in [0.3, 0.4) is 0 Å². The lowest BCUT2D eigenvalue weighted by molar-refractivity contribution is -0.161. The quantitative estimate of drug-likeness (QED) is 0.506. The first kappa shape index (κ1) is 13.8. The molecule has 0 spiro atoms. The standard InChI is InChI=1S/C10H10Cl2N2O3/c1-16-10(9(13)15)17-14-5-6-7(11)3-2-4-8(6)12/h2-5,10H,1H3,(H2,13,15). The van der Waals surface area contributed by atoms with Gasteiger partial charge in [-0.3, -0.25) is 4.79 Å². The molecule has 0 aromatic heterocycles. The third-order valence-electron chi connectivity index (χ3n) is 1.78. The number of primary amides is 1. The van der Waals surface area contributed by atoms with Crippen molar-refractivity contribution in [2.45, 2.75) is 6.29 Å². The molecular formula is C10H10Cl2N2O3. The summed E-state index contributed by atoms with van der Waals surface area (Å²) in [5, 5.41) is 4.37. The maximum atomic E-state index is 10.8. The van der Waals surface area contributed by atoms with Crippen molar-refractivity contribution >= 4 is 35.3 Å². The van der Waals surface area contributed by atoms with Gasteiger partial charge in [-0.2, -0.15) is 0 Å². The van der Waals surface area contributed by atoms with Gasteiger partial charge in [-0.25, -0.2) is 0 Å². The molecule has 7 heteroatoms. The van der Waals surface area contributed by atoms with Gasteiger partial charge in [-0.15, -0.1) is 0 Å². The van der Waals surface area contributed by atoms with Crippen LogP contribution < -0.4 is 5.73 Å². The normalized spacial score (nSPS) is 12.6. The summed E-state index contributed by atoms with van der Waals surface area (Å²) in [5.41, 5.74) is 5.45. The minimum atomic E-state index is -1.24. The van der Waals surface area contributed by atoms with Gasteiger partial charge in [0.25, 0.3) is 5.91 Å². The molecule has 1 unspecified atom stereocenters. The molecule has 2 N–H and O–H groups in total. The van der Waals surface area contributed by atoms with Gasteiger partial charge in [0.15, 0.2) is 0 Å². The summed E-state index contributed by atoms with van der Waals surface area (Å²) in [6.45, 7) is 0. The SMILES string of the molecule is COC(ON=Cc1c(Cl)cccc1Cl)C(N)=O. The van der Waals surface area contributed by atoms with Gasteiger partial charge < -0.3 is 15.3 Å². The summed E-state index contributed by atoms with van der Waals surface area (Å²) in [4.78, 5) is 15.5. The largest absolute Gasteiger partial charge is 0.364 e. The number of hydrogen-bond donors (Lipinski definition) is 1. The van der Waals surface area contributed by atoms with Gasteiger partial charge in [-0.05, 0) is 12.1 Å². The van der Waals surface area contributed by atoms with Crippen molar-refractivity contribution < 1.29 is 14.4 Å². The molecule has 0 aliphatic rings. The van der Waals surface area contributed by atoms with Gasteiger partial charge in [-0.1, -0.05) is 34.4 Å². The van der Waals surface area contributed by atoms with E-state index in [2.05, 4.69) is 9.89 Å². The molecule has 0 saturated heterocycles. The minimum absolute atomic E-state index is 0.415. The number of nitrogens with zero attached hydrogens (tertiary/aromatic N) is 1. The van der Waals surface area contributed by atoms with E-state index in [1.807, 2.05) is 0 Å². The molecule has 0 aliphatic carbocycles. The number of oxime groups is 1. The number of benzene rings is 1. The van der Waals surface area contributed by atoms with E-state index in [1.165, 1.54) is 13.3 Å². The van der Waals surface area contributed by atoms with E-state index >= 15 is 0 Å². The maximum absolute atomic E-state index is 10.8. The molecule has 1 aromatic carbocycles. The molecule has 1 rings (SSSR count). The average Bonchev–Trinajstić information content (AvgIpc) is 2.27. The number of nitrogens with two attached hydrogens (primary N) is 1. The first-order valence-electron chi connectivity index (χ1n) is 4.51. The highest BCUT2D eigenvalue weighted by molar-refractivity contribution is 6.38. The van der Waals surface area contributed by atoms with Crippen molar-refractivity contribution in [1.29, 1.82) is 0 Å². The summed E-state index contributed by atoms with van der Waals surface area (Å²) < 4.78 is 4.63. The number of carbonyl (C=O) groups excluding carboxylic acids is 1. The lowest BCUT2D eigenvalue weighted by atomic mass is 10.2. The third kappa shape index (κ3) is 3.89. The second-order valence-electron chi connectivity index (χ2n) is 2.95. The molecule has 5 nitrogen and oxygen atoms in total. The zero-order valence-corrected chi connectivity index (χ0v) is 10.4. The Morgan fingerprint density at radius 3 is 2.53 bits per heavy atom. The molecule has 1 atom stereocenters. The molecule has 0 radical (unpaired) electrons. The summed E-state index contributed by atoms with van der Waals surface area (Å²) in [7, 11) is 1.27. The van der Waals surface area contributed by atoms with E-state index in [-0.39, 0.29) is 0 Å². The van der Waals surface area contributed by atoms with Gasteiger partial charge >= 0.3 is 6.29 Å². The van der Waals surface area contributed by atoms with Crippen LogP contribution in [-0.2, 0) is 14.4 Å². The first-order chi connectivity index (χ1) is 8.06. The van der Waals surface area contributed by atoms with Gasteiger partial charge in [0.1, 0.15) is 0 Å². The van der Waals surface area contributed by atoms with E-state index in [4.69, 9.17) is 33.8 Å². The number of carbonyl (C=O) groups is 1. The van der Waals surface area contributed by atoms with Crippen LogP contribution in [0.2, 0.25) is 10.0 Å². The smallest absolute Gasteiger partial charge is 0.305 e. The highest BCUT2D eigenvalue weighted by Crippen LogP contribution is 2.22. The lowest BCUT2D eigenvalue weighted by Crippen LogP contribution is -2.31. The lowest BCUT2D eigenvalue weighted by Gasteiger charge is -2.08. The van der Waals surface area contributed by atoms with Gasteiger partial charge in [0.05, 0.1) is 16.3 Å². The molecule has 0 saturated carbocycles. The van der Waals surface area contributed by atoms with E-state index in [0.29, 0.717) is 15.6 Å². The molecule has 0 fully saturated rings. The molecule has 0 aliphatic heterocycles. The number of methoxy groups -OCH3 is 1. The maximum Gasteiger partial charge on any atom is 0.305 e. The van der Waals surface area contributed by atoms with Crippen LogP contribution in [0, 0.1) is 0 Å². The Labute approximate surface area is 108 Å². The van der Waals surface area contributed by atoms with E-state index in [9.17, 15) is 4.79 Å². The van der Waals surface area contributed by atoms with Crippen LogP contribution in [0.15, 0.2) is 23.4 Å². The van der Waals surface area contributed by atoms with Crippen LogP contribution in [0.5, 0.6) is 0 Å². The summed E-state index contributed by atoms with van der Waals surface area (Å²) in [6.07, 6.45) is 0.0344. The Hall–Kier alpha value is -1.30. The van der Waals surface area contributed by atoms with Crippen molar-refractivity contribution in [3.05, 3.63) is 33.8 Å². The number of rotatable bonds is 5. The zero-order valence-electron chi connectivity index (χ0n) is 8.89. The van der Waals surface area contributed by atoms with Crippen molar-refractivity contribution in [1.82, 2.24) is 0 Å². The molecular weight excluding hydrogens is 267 g/mol. The Kier molecular flexibility index (Phi) is 5.21. The van der Waals surface area contributed by atoms with Crippen molar-refractivity contribution in [3.63, 3.8) is 0 Å². The highest BCUT2D eigenvalue weighted by Gasteiger charge is 2.14. The molecule has 1 amide bonds. The van der Waals surface area contributed by atoms with E-state index < -0.39 is 12.2 Å². The molecule has 17 heavy (non-hydrogen) atoms. The third-order valence-corrected chi connectivity index (χ3v) is 2.44. The summed E-state index contributed by atoms with van der Waals surface area (Å²) in [6, 6.07) is 5.00. The van der Waals surface area contributed by atoms with Crippen molar-refractivity contribution in [3.8, 4) is 0 Å². The second-order valence-corrected chi connectivity index (χ2v) is 3.76. The number of amides is 1. The second kappa shape index (κ2) is 6.44. The van der Waals surface area contributed by atoms with Crippen LogP contribution in [0.25, 0.3) is 0 Å². The number of halogens is 2. The molecule has 92 valence electrons. The topological polar surface area (TPSA) is 73.9 Å². The summed E-state index contributed by atoms with van der Waals surface area (Å²) >= 11 is 11.8. The van der Waals surface area contributed by atoms with E-state index in [0.717, 1.165) is 0 Å². The van der Waals surface area contributed by atoms with Gasteiger partial charge in [0, 0.05) is 12.7 Å². The first-order valence-corrected chi connectivity index (χ1v) is 5.27. The number of hydrogen-bond acceptors (Lipinski definition) is 4. The van der Waals surface area contributed by atoms with Crippen LogP contribution in [0.4, 0.5) is 0 Å².